The fourth-order valence-electron chi connectivity index (χ4n) is 2.90. The van der Waals surface area contributed by atoms with Gasteiger partial charge in [-0.2, -0.15) is 0 Å². The summed E-state index contributed by atoms with van der Waals surface area (Å²) in [5, 5.41) is 2.92. The number of hydrogen-bond donors (Lipinski definition) is 1. The molecule has 0 bridgehead atoms. The predicted molar refractivity (Wildman–Crippen MR) is 101 cm³/mol. The monoisotopic (exact) mass is 352 g/mol. The zero-order valence-electron chi connectivity index (χ0n) is 15.1. The highest BCUT2D eigenvalue weighted by molar-refractivity contribution is 6.00. The summed E-state index contributed by atoms with van der Waals surface area (Å²) in [5.41, 5.74) is 0.787. The van der Waals surface area contributed by atoms with Crippen molar-refractivity contribution in [2.24, 2.45) is 11.8 Å². The molecule has 1 aliphatic rings. The molecule has 1 aliphatic heterocycles. The second-order valence-electron chi connectivity index (χ2n) is 6.95. The van der Waals surface area contributed by atoms with Crippen LogP contribution >= 0.6 is 0 Å². The van der Waals surface area contributed by atoms with Crippen LogP contribution < -0.4 is 15.0 Å². The third-order valence-corrected chi connectivity index (χ3v) is 4.31. The van der Waals surface area contributed by atoms with Crippen molar-refractivity contribution in [3.05, 3.63) is 54.6 Å². The molecule has 2 aromatic rings. The molecule has 5 nitrogen and oxygen atoms in total. The molecule has 5 heteroatoms. The third-order valence-electron chi connectivity index (χ3n) is 4.31. The maximum atomic E-state index is 12.3. The number of carbonyl (C=O) groups is 2. The molecule has 2 aromatic carbocycles. The number of rotatable bonds is 6. The lowest BCUT2D eigenvalue weighted by molar-refractivity contribution is -0.126. The van der Waals surface area contributed by atoms with Gasteiger partial charge in [0.1, 0.15) is 11.5 Å². The van der Waals surface area contributed by atoms with Crippen molar-refractivity contribution in [2.75, 3.05) is 18.0 Å². The molecule has 0 aromatic heterocycles. The molecule has 136 valence electrons. The van der Waals surface area contributed by atoms with E-state index in [9.17, 15) is 9.59 Å². The first-order valence-electron chi connectivity index (χ1n) is 8.94. The normalized spacial score (nSPS) is 16.8. The maximum absolute atomic E-state index is 12.3. The van der Waals surface area contributed by atoms with E-state index in [1.807, 2.05) is 68.4 Å². The lowest BCUT2D eigenvalue weighted by Gasteiger charge is -2.17. The standard InChI is InChI=1S/C21H24N2O3/c1-15(2)13-22-21(25)16-12-20(24)23(14-16)17-8-10-19(11-9-17)26-18-6-4-3-5-7-18/h3-11,15-16H,12-14H2,1-2H3,(H,22,25). The Morgan fingerprint density at radius 2 is 1.77 bits per heavy atom. The summed E-state index contributed by atoms with van der Waals surface area (Å²) in [6, 6.07) is 16.9. The number of hydrogen-bond acceptors (Lipinski definition) is 3. The molecular formula is C21H24N2O3. The van der Waals surface area contributed by atoms with E-state index < -0.39 is 0 Å². The summed E-state index contributed by atoms with van der Waals surface area (Å²) in [4.78, 5) is 26.2. The second kappa shape index (κ2) is 8.04. The van der Waals surface area contributed by atoms with Crippen LogP contribution in [0.25, 0.3) is 0 Å². The number of benzene rings is 2. The van der Waals surface area contributed by atoms with E-state index in [0.29, 0.717) is 24.8 Å². The SMILES string of the molecule is CC(C)CNC(=O)C1CC(=O)N(c2ccc(Oc3ccccc3)cc2)C1. The van der Waals surface area contributed by atoms with Crippen molar-refractivity contribution < 1.29 is 14.3 Å². The lowest BCUT2D eigenvalue weighted by atomic mass is 10.1. The van der Waals surface area contributed by atoms with Crippen LogP contribution in [0.15, 0.2) is 54.6 Å². The third kappa shape index (κ3) is 4.42. The van der Waals surface area contributed by atoms with Crippen LogP contribution in [0.2, 0.25) is 0 Å². The number of para-hydroxylation sites is 1. The van der Waals surface area contributed by atoms with Crippen LogP contribution in [0.1, 0.15) is 20.3 Å². The number of amides is 2. The maximum Gasteiger partial charge on any atom is 0.227 e. The van der Waals surface area contributed by atoms with Crippen LogP contribution in [-0.4, -0.2) is 24.9 Å². The number of ether oxygens (including phenoxy) is 1. The lowest BCUT2D eigenvalue weighted by Crippen LogP contribution is -2.34. The zero-order chi connectivity index (χ0) is 18.5. The average molecular weight is 352 g/mol. The molecule has 1 atom stereocenters. The molecule has 1 unspecified atom stereocenters. The van der Waals surface area contributed by atoms with E-state index >= 15 is 0 Å². The van der Waals surface area contributed by atoms with Gasteiger partial charge in [0, 0.05) is 25.2 Å². The van der Waals surface area contributed by atoms with Gasteiger partial charge in [-0.3, -0.25) is 9.59 Å². The molecule has 3 rings (SSSR count). The van der Waals surface area contributed by atoms with Gasteiger partial charge in [0.2, 0.25) is 11.8 Å². The quantitative estimate of drug-likeness (QED) is 0.864. The van der Waals surface area contributed by atoms with Crippen LogP contribution in [0.3, 0.4) is 0 Å². The fourth-order valence-corrected chi connectivity index (χ4v) is 2.90. The van der Waals surface area contributed by atoms with Gasteiger partial charge in [-0.15, -0.1) is 0 Å². The molecule has 1 saturated heterocycles. The Morgan fingerprint density at radius 3 is 2.42 bits per heavy atom. The number of anilines is 1. The summed E-state index contributed by atoms with van der Waals surface area (Å²) in [6.07, 6.45) is 0.256. The van der Waals surface area contributed by atoms with Crippen molar-refractivity contribution >= 4 is 17.5 Å². The Bertz CT molecular complexity index is 757. The molecule has 1 N–H and O–H groups in total. The van der Waals surface area contributed by atoms with Crippen molar-refractivity contribution in [1.29, 1.82) is 0 Å². The van der Waals surface area contributed by atoms with Gasteiger partial charge in [-0.25, -0.2) is 0 Å². The highest BCUT2D eigenvalue weighted by atomic mass is 16.5. The molecule has 2 amide bonds. The van der Waals surface area contributed by atoms with Crippen molar-refractivity contribution in [3.63, 3.8) is 0 Å². The summed E-state index contributed by atoms with van der Waals surface area (Å²) in [6.45, 7) is 5.15. The van der Waals surface area contributed by atoms with Gasteiger partial charge in [0.05, 0.1) is 5.92 Å². The molecule has 0 spiro atoms. The van der Waals surface area contributed by atoms with Crippen LogP contribution in [0.4, 0.5) is 5.69 Å². The van der Waals surface area contributed by atoms with Gasteiger partial charge in [0.15, 0.2) is 0 Å². The fraction of sp³-hybridized carbons (Fsp3) is 0.333. The minimum Gasteiger partial charge on any atom is -0.457 e. The summed E-state index contributed by atoms with van der Waals surface area (Å²) in [7, 11) is 0. The number of nitrogens with one attached hydrogen (secondary N) is 1. The Hall–Kier alpha value is -2.82. The van der Waals surface area contributed by atoms with Crippen LogP contribution in [0, 0.1) is 11.8 Å². The molecule has 26 heavy (non-hydrogen) atoms. The molecule has 1 heterocycles. The minimum atomic E-state index is -0.290. The van der Waals surface area contributed by atoms with Gasteiger partial charge >= 0.3 is 0 Å². The molecular weight excluding hydrogens is 328 g/mol. The van der Waals surface area contributed by atoms with Gasteiger partial charge in [-0.05, 0) is 42.3 Å². The topological polar surface area (TPSA) is 58.6 Å². The minimum absolute atomic E-state index is 0.0218. The highest BCUT2D eigenvalue weighted by Gasteiger charge is 2.35. The zero-order valence-corrected chi connectivity index (χ0v) is 15.1. The molecule has 0 aliphatic carbocycles. The largest absolute Gasteiger partial charge is 0.457 e. The van der Waals surface area contributed by atoms with Gasteiger partial charge in [0.25, 0.3) is 0 Å². The highest BCUT2D eigenvalue weighted by Crippen LogP contribution is 2.28. The number of nitrogens with zero attached hydrogens (tertiary/aromatic N) is 1. The molecule has 0 radical (unpaired) electrons. The van der Waals surface area contributed by atoms with E-state index in [1.165, 1.54) is 0 Å². The Balaban J connectivity index is 1.62. The molecule has 0 saturated carbocycles. The van der Waals surface area contributed by atoms with Crippen molar-refractivity contribution in [3.8, 4) is 11.5 Å². The first-order valence-corrected chi connectivity index (χ1v) is 8.94. The Labute approximate surface area is 154 Å². The second-order valence-corrected chi connectivity index (χ2v) is 6.95. The van der Waals surface area contributed by atoms with E-state index in [1.54, 1.807) is 4.90 Å². The summed E-state index contributed by atoms with van der Waals surface area (Å²) < 4.78 is 5.77. The van der Waals surface area contributed by atoms with Crippen molar-refractivity contribution in [2.45, 2.75) is 20.3 Å². The first kappa shape index (κ1) is 18.0. The summed E-state index contributed by atoms with van der Waals surface area (Å²) >= 11 is 0. The summed E-state index contributed by atoms with van der Waals surface area (Å²) in [5.74, 6) is 1.51. The molecule has 1 fully saturated rings. The van der Waals surface area contributed by atoms with Crippen molar-refractivity contribution in [1.82, 2.24) is 5.32 Å². The Morgan fingerprint density at radius 1 is 1.12 bits per heavy atom. The Kier molecular flexibility index (Phi) is 5.56. The van der Waals surface area contributed by atoms with Gasteiger partial charge in [-0.1, -0.05) is 32.0 Å². The first-order chi connectivity index (χ1) is 12.5. The predicted octanol–water partition coefficient (Wildman–Crippen LogP) is 3.60. The average Bonchev–Trinajstić information content (AvgIpc) is 3.03. The number of carbonyl (C=O) groups excluding carboxylic acids is 2. The van der Waals surface area contributed by atoms with E-state index in [0.717, 1.165) is 11.4 Å². The van der Waals surface area contributed by atoms with E-state index in [4.69, 9.17) is 4.74 Å². The van der Waals surface area contributed by atoms with Gasteiger partial charge < -0.3 is 15.0 Å². The van der Waals surface area contributed by atoms with Crippen LogP contribution in [-0.2, 0) is 9.59 Å². The van der Waals surface area contributed by atoms with E-state index in [-0.39, 0.29) is 24.2 Å². The van der Waals surface area contributed by atoms with Crippen LogP contribution in [0.5, 0.6) is 11.5 Å². The van der Waals surface area contributed by atoms with E-state index in [2.05, 4.69) is 5.32 Å². The smallest absolute Gasteiger partial charge is 0.227 e.